The van der Waals surface area contributed by atoms with Crippen molar-refractivity contribution >= 4 is 6.03 Å². The van der Waals surface area contributed by atoms with Gasteiger partial charge >= 0.3 is 6.03 Å². The van der Waals surface area contributed by atoms with Crippen molar-refractivity contribution in [2.75, 3.05) is 6.54 Å². The number of rotatable bonds is 1. The minimum absolute atomic E-state index is 0.0404. The number of amides is 2. The molecule has 1 aromatic heterocycles. The first-order chi connectivity index (χ1) is 6.84. The number of carbonyl (C=O) groups is 1. The molecule has 2 aliphatic rings. The van der Waals surface area contributed by atoms with Crippen molar-refractivity contribution in [2.45, 2.75) is 12.1 Å². The second-order valence-electron chi connectivity index (χ2n) is 3.44. The van der Waals surface area contributed by atoms with Gasteiger partial charge in [0.1, 0.15) is 6.04 Å². The maximum Gasteiger partial charge on any atom is 0.318 e. The molecule has 0 aliphatic carbocycles. The lowest BCUT2D eigenvalue weighted by molar-refractivity contribution is 0.201. The average molecular weight is 191 g/mol. The van der Waals surface area contributed by atoms with Crippen LogP contribution in [0.15, 0.2) is 29.2 Å². The smallest absolute Gasteiger partial charge is 0.318 e. The van der Waals surface area contributed by atoms with Gasteiger partial charge < -0.3 is 14.6 Å². The summed E-state index contributed by atoms with van der Waals surface area (Å²) >= 11 is 0. The first-order valence-electron chi connectivity index (χ1n) is 4.48. The van der Waals surface area contributed by atoms with Gasteiger partial charge in [-0.3, -0.25) is 0 Å². The normalized spacial score (nSPS) is 29.4. The lowest BCUT2D eigenvalue weighted by atomic mass is 10.1. The summed E-state index contributed by atoms with van der Waals surface area (Å²) in [6, 6.07) is 0.0133. The van der Waals surface area contributed by atoms with E-state index in [0.29, 0.717) is 12.3 Å². The second kappa shape index (κ2) is 2.60. The Kier molecular flexibility index (Phi) is 1.41. The van der Waals surface area contributed by atoms with Crippen LogP contribution in [0.1, 0.15) is 11.8 Å². The van der Waals surface area contributed by atoms with Crippen LogP contribution in [0, 0.1) is 0 Å². The van der Waals surface area contributed by atoms with E-state index in [1.54, 1.807) is 11.1 Å². The minimum atomic E-state index is -0.101. The predicted octanol–water partition coefficient (Wildman–Crippen LogP) is 0.679. The van der Waals surface area contributed by atoms with Crippen molar-refractivity contribution in [3.8, 4) is 0 Å². The average Bonchev–Trinajstić information content (AvgIpc) is 2.78. The molecule has 14 heavy (non-hydrogen) atoms. The summed E-state index contributed by atoms with van der Waals surface area (Å²) in [5, 5.41) is 2.85. The van der Waals surface area contributed by atoms with Gasteiger partial charge in [-0.15, -0.1) is 0 Å². The third-order valence-electron chi connectivity index (χ3n) is 2.57. The standard InChI is InChI=1S/C9H9N3O2/c13-9-11-6-1-2-7(12(9)4-6)8-3-10-5-14-8/h1-3,5-7H,4H2,(H,11,13). The molecule has 0 radical (unpaired) electrons. The first-order valence-corrected chi connectivity index (χ1v) is 4.48. The van der Waals surface area contributed by atoms with E-state index in [1.807, 2.05) is 12.2 Å². The topological polar surface area (TPSA) is 58.4 Å². The molecule has 0 spiro atoms. The fourth-order valence-corrected chi connectivity index (χ4v) is 1.89. The zero-order chi connectivity index (χ0) is 9.54. The molecule has 3 heterocycles. The van der Waals surface area contributed by atoms with Crippen LogP contribution in [0.25, 0.3) is 0 Å². The number of carbonyl (C=O) groups excluding carboxylic acids is 1. The van der Waals surface area contributed by atoms with E-state index in [-0.39, 0.29) is 18.1 Å². The van der Waals surface area contributed by atoms with Crippen molar-refractivity contribution < 1.29 is 9.21 Å². The molecular weight excluding hydrogens is 182 g/mol. The van der Waals surface area contributed by atoms with Crippen LogP contribution in [-0.2, 0) is 0 Å². The molecule has 1 saturated heterocycles. The summed E-state index contributed by atoms with van der Waals surface area (Å²) in [4.78, 5) is 17.1. The molecule has 2 amide bonds. The van der Waals surface area contributed by atoms with Crippen molar-refractivity contribution in [1.82, 2.24) is 15.2 Å². The Morgan fingerprint density at radius 1 is 1.57 bits per heavy atom. The van der Waals surface area contributed by atoms with Crippen LogP contribution in [0.3, 0.4) is 0 Å². The molecule has 72 valence electrons. The number of aromatic nitrogens is 1. The number of urea groups is 1. The molecule has 0 aromatic carbocycles. The molecule has 3 rings (SSSR count). The molecule has 1 aromatic rings. The van der Waals surface area contributed by atoms with Crippen LogP contribution in [0.5, 0.6) is 0 Å². The van der Waals surface area contributed by atoms with Crippen LogP contribution in [-0.4, -0.2) is 28.5 Å². The van der Waals surface area contributed by atoms with Gasteiger partial charge in [0.05, 0.1) is 12.2 Å². The van der Waals surface area contributed by atoms with Crippen LogP contribution >= 0.6 is 0 Å². The van der Waals surface area contributed by atoms with E-state index in [1.165, 1.54) is 6.39 Å². The molecule has 1 fully saturated rings. The van der Waals surface area contributed by atoms with Gasteiger partial charge in [-0.25, -0.2) is 9.78 Å². The minimum Gasteiger partial charge on any atom is -0.446 e. The van der Waals surface area contributed by atoms with E-state index < -0.39 is 0 Å². The number of hydrogen-bond donors (Lipinski definition) is 1. The van der Waals surface area contributed by atoms with Crippen molar-refractivity contribution in [3.05, 3.63) is 30.5 Å². The van der Waals surface area contributed by atoms with E-state index in [4.69, 9.17) is 4.42 Å². The maximum absolute atomic E-state index is 11.5. The lowest BCUT2D eigenvalue weighted by Gasteiger charge is -2.24. The van der Waals surface area contributed by atoms with E-state index in [9.17, 15) is 4.79 Å². The van der Waals surface area contributed by atoms with Crippen molar-refractivity contribution in [3.63, 3.8) is 0 Å². The molecule has 1 N–H and O–H groups in total. The highest BCUT2D eigenvalue weighted by Gasteiger charge is 2.37. The Bertz CT molecular complexity index is 385. The number of hydrogen-bond acceptors (Lipinski definition) is 3. The summed E-state index contributed by atoms with van der Waals surface area (Å²) in [5.41, 5.74) is 0. The second-order valence-corrected chi connectivity index (χ2v) is 3.44. The highest BCUT2D eigenvalue weighted by molar-refractivity contribution is 5.78. The number of nitrogens with one attached hydrogen (secondary N) is 1. The zero-order valence-electron chi connectivity index (χ0n) is 7.38. The Hall–Kier alpha value is -1.78. The van der Waals surface area contributed by atoms with E-state index in [0.717, 1.165) is 0 Å². The largest absolute Gasteiger partial charge is 0.446 e. The number of nitrogens with zero attached hydrogens (tertiary/aromatic N) is 2. The Labute approximate surface area is 80.4 Å². The fraction of sp³-hybridized carbons (Fsp3) is 0.333. The summed E-state index contributed by atoms with van der Waals surface area (Å²) < 4.78 is 5.19. The monoisotopic (exact) mass is 191 g/mol. The molecule has 5 nitrogen and oxygen atoms in total. The summed E-state index contributed by atoms with van der Waals surface area (Å²) in [6.07, 6.45) is 6.98. The molecular formula is C9H9N3O2. The highest BCUT2D eigenvalue weighted by Crippen LogP contribution is 2.28. The highest BCUT2D eigenvalue weighted by atomic mass is 16.3. The van der Waals surface area contributed by atoms with Crippen molar-refractivity contribution in [2.24, 2.45) is 0 Å². The Morgan fingerprint density at radius 3 is 3.29 bits per heavy atom. The molecule has 2 atom stereocenters. The van der Waals surface area contributed by atoms with E-state index >= 15 is 0 Å². The molecule has 2 unspecified atom stereocenters. The van der Waals surface area contributed by atoms with Gasteiger partial charge in [-0.1, -0.05) is 12.2 Å². The van der Waals surface area contributed by atoms with Crippen molar-refractivity contribution in [1.29, 1.82) is 0 Å². The van der Waals surface area contributed by atoms with Gasteiger partial charge in [-0.2, -0.15) is 0 Å². The van der Waals surface area contributed by atoms with Crippen LogP contribution in [0.4, 0.5) is 4.79 Å². The first kappa shape index (κ1) is 7.61. The Balaban J connectivity index is 1.98. The quantitative estimate of drug-likeness (QED) is 0.664. The van der Waals surface area contributed by atoms with Gasteiger partial charge in [0.25, 0.3) is 0 Å². The van der Waals surface area contributed by atoms with Crippen LogP contribution in [0.2, 0.25) is 0 Å². The SMILES string of the molecule is O=C1NC2C=CC(c3cnco3)N1C2. The molecule has 2 bridgehead atoms. The predicted molar refractivity (Wildman–Crippen MR) is 47.4 cm³/mol. The maximum atomic E-state index is 11.5. The number of fused-ring (bicyclic) bond motifs is 2. The third-order valence-corrected chi connectivity index (χ3v) is 2.57. The van der Waals surface area contributed by atoms with Gasteiger partial charge in [0, 0.05) is 6.54 Å². The van der Waals surface area contributed by atoms with Gasteiger partial charge in [0.15, 0.2) is 12.2 Å². The summed E-state index contributed by atoms with van der Waals surface area (Å²) in [5.74, 6) is 0.705. The number of oxazole rings is 1. The molecule has 0 saturated carbocycles. The fourth-order valence-electron chi connectivity index (χ4n) is 1.89. The summed E-state index contributed by atoms with van der Waals surface area (Å²) in [6.45, 7) is 0.709. The third kappa shape index (κ3) is 0.951. The van der Waals surface area contributed by atoms with Gasteiger partial charge in [0.2, 0.25) is 0 Å². The summed E-state index contributed by atoms with van der Waals surface area (Å²) in [7, 11) is 0. The lowest BCUT2D eigenvalue weighted by Crippen LogP contribution is -2.31. The van der Waals surface area contributed by atoms with E-state index in [2.05, 4.69) is 10.3 Å². The zero-order valence-corrected chi connectivity index (χ0v) is 7.38. The molecule has 5 heteroatoms. The molecule has 2 aliphatic heterocycles. The van der Waals surface area contributed by atoms with Crippen LogP contribution < -0.4 is 5.32 Å². The van der Waals surface area contributed by atoms with Gasteiger partial charge in [-0.05, 0) is 0 Å². The Morgan fingerprint density at radius 2 is 2.50 bits per heavy atom.